The Balaban J connectivity index is 1.64. The molecule has 126 valence electrons. The summed E-state index contributed by atoms with van der Waals surface area (Å²) in [5.74, 6) is 0.701. The number of esters is 1. The predicted molar refractivity (Wildman–Crippen MR) is 93.9 cm³/mol. The van der Waals surface area contributed by atoms with E-state index in [2.05, 4.69) is 0 Å². The Morgan fingerprint density at radius 1 is 1.28 bits per heavy atom. The topological polar surface area (TPSA) is 52.6 Å². The van der Waals surface area contributed by atoms with Crippen molar-refractivity contribution in [2.45, 2.75) is 19.8 Å². The van der Waals surface area contributed by atoms with Gasteiger partial charge in [-0.3, -0.25) is 9.59 Å². The van der Waals surface area contributed by atoms with E-state index in [4.69, 9.17) is 21.1 Å². The van der Waals surface area contributed by atoms with E-state index in [0.717, 1.165) is 18.4 Å². The summed E-state index contributed by atoms with van der Waals surface area (Å²) in [5.41, 5.74) is 1.90. The number of rotatable bonds is 3. The highest BCUT2D eigenvalue weighted by Gasteiger charge is 2.34. The Bertz CT molecular complexity index is 925. The van der Waals surface area contributed by atoms with E-state index < -0.39 is 0 Å². The van der Waals surface area contributed by atoms with E-state index in [1.54, 1.807) is 37.3 Å². The molecule has 1 heterocycles. The molecule has 4 nitrogen and oxygen atoms in total. The molecule has 0 amide bonds. The van der Waals surface area contributed by atoms with Gasteiger partial charge in [0.2, 0.25) is 5.78 Å². The van der Waals surface area contributed by atoms with Crippen LogP contribution in [0.5, 0.6) is 11.5 Å². The van der Waals surface area contributed by atoms with Crippen molar-refractivity contribution in [2.24, 2.45) is 5.92 Å². The second kappa shape index (κ2) is 6.05. The molecule has 25 heavy (non-hydrogen) atoms. The van der Waals surface area contributed by atoms with E-state index in [-0.39, 0.29) is 23.4 Å². The number of halogens is 1. The number of Topliss-reactive ketones (excluding diaryl/α,β-unsaturated/α-hetero) is 1. The zero-order valence-corrected chi connectivity index (χ0v) is 14.3. The fraction of sp³-hybridized carbons (Fsp3) is 0.200. The molecule has 5 heteroatoms. The second-order valence-electron chi connectivity index (χ2n) is 6.26. The average molecular weight is 355 g/mol. The third-order valence-corrected chi connectivity index (χ3v) is 4.54. The maximum absolute atomic E-state index is 12.6. The van der Waals surface area contributed by atoms with Crippen LogP contribution in [0.15, 0.2) is 42.2 Å². The Kier molecular flexibility index (Phi) is 3.85. The molecule has 2 aromatic carbocycles. The van der Waals surface area contributed by atoms with Crippen molar-refractivity contribution in [1.82, 2.24) is 0 Å². The van der Waals surface area contributed by atoms with Gasteiger partial charge < -0.3 is 9.47 Å². The number of carbonyl (C=O) groups excluding carboxylic acids is 2. The Morgan fingerprint density at radius 3 is 2.80 bits per heavy atom. The zero-order valence-electron chi connectivity index (χ0n) is 13.5. The van der Waals surface area contributed by atoms with Gasteiger partial charge in [-0.1, -0.05) is 23.7 Å². The molecule has 1 aliphatic carbocycles. The van der Waals surface area contributed by atoms with Crippen molar-refractivity contribution in [1.29, 1.82) is 0 Å². The Hall–Kier alpha value is -2.59. The van der Waals surface area contributed by atoms with E-state index in [0.29, 0.717) is 27.6 Å². The predicted octanol–water partition coefficient (Wildman–Crippen LogP) is 4.58. The Morgan fingerprint density at radius 2 is 2.08 bits per heavy atom. The molecule has 0 saturated heterocycles. The first-order chi connectivity index (χ1) is 12.0. The van der Waals surface area contributed by atoms with Crippen LogP contribution >= 0.6 is 11.6 Å². The van der Waals surface area contributed by atoms with Crippen LogP contribution in [0.4, 0.5) is 0 Å². The smallest absolute Gasteiger partial charge is 0.314 e. The van der Waals surface area contributed by atoms with Crippen molar-refractivity contribution in [3.63, 3.8) is 0 Å². The highest BCUT2D eigenvalue weighted by atomic mass is 35.5. The number of ether oxygens (including phenoxy) is 2. The summed E-state index contributed by atoms with van der Waals surface area (Å²) in [6.45, 7) is 1.78. The van der Waals surface area contributed by atoms with Gasteiger partial charge in [0.05, 0.1) is 11.5 Å². The summed E-state index contributed by atoms with van der Waals surface area (Å²) in [4.78, 5) is 24.4. The van der Waals surface area contributed by atoms with E-state index >= 15 is 0 Å². The number of hydrogen-bond donors (Lipinski definition) is 0. The summed E-state index contributed by atoms with van der Waals surface area (Å²) in [6.07, 6.45) is 3.41. The minimum absolute atomic E-state index is 0.00786. The van der Waals surface area contributed by atoms with Gasteiger partial charge in [-0.25, -0.2) is 0 Å². The number of allylic oxidation sites excluding steroid dienone is 1. The molecule has 1 saturated carbocycles. The van der Waals surface area contributed by atoms with Crippen molar-refractivity contribution in [2.75, 3.05) is 0 Å². The highest BCUT2D eigenvalue weighted by Crippen LogP contribution is 2.40. The van der Waals surface area contributed by atoms with Crippen molar-refractivity contribution < 1.29 is 19.1 Å². The van der Waals surface area contributed by atoms with Gasteiger partial charge in [-0.05, 0) is 55.7 Å². The normalized spacial score (nSPS) is 17.4. The van der Waals surface area contributed by atoms with Crippen molar-refractivity contribution in [3.8, 4) is 11.5 Å². The number of carbonyl (C=O) groups is 2. The van der Waals surface area contributed by atoms with Gasteiger partial charge in [-0.2, -0.15) is 0 Å². The van der Waals surface area contributed by atoms with Gasteiger partial charge in [0.25, 0.3) is 0 Å². The minimum Gasteiger partial charge on any atom is -0.452 e. The molecule has 0 spiro atoms. The first-order valence-corrected chi connectivity index (χ1v) is 8.46. The quantitative estimate of drug-likeness (QED) is 0.460. The molecule has 0 radical (unpaired) electrons. The molecule has 0 N–H and O–H groups in total. The molecule has 1 fully saturated rings. The third kappa shape index (κ3) is 3.05. The van der Waals surface area contributed by atoms with Crippen LogP contribution in [0.2, 0.25) is 5.02 Å². The fourth-order valence-electron chi connectivity index (χ4n) is 2.74. The molecular weight excluding hydrogens is 340 g/mol. The molecule has 2 aromatic rings. The van der Waals surface area contributed by atoms with Crippen LogP contribution in [-0.4, -0.2) is 11.8 Å². The molecule has 0 bridgehead atoms. The van der Waals surface area contributed by atoms with Crippen LogP contribution in [0.1, 0.15) is 34.3 Å². The summed E-state index contributed by atoms with van der Waals surface area (Å²) >= 11 is 5.98. The van der Waals surface area contributed by atoms with Gasteiger partial charge in [-0.15, -0.1) is 0 Å². The summed E-state index contributed by atoms with van der Waals surface area (Å²) < 4.78 is 11.2. The number of hydrogen-bond acceptors (Lipinski definition) is 4. The molecule has 1 aliphatic heterocycles. The third-order valence-electron chi connectivity index (χ3n) is 4.30. The van der Waals surface area contributed by atoms with Crippen LogP contribution in [0.25, 0.3) is 6.08 Å². The van der Waals surface area contributed by atoms with Crippen LogP contribution in [-0.2, 0) is 4.79 Å². The monoisotopic (exact) mass is 354 g/mol. The molecule has 0 atom stereocenters. The lowest BCUT2D eigenvalue weighted by Crippen LogP contribution is -2.10. The maximum atomic E-state index is 12.6. The minimum atomic E-state index is -0.220. The Labute approximate surface area is 150 Å². The lowest BCUT2D eigenvalue weighted by molar-refractivity contribution is -0.135. The van der Waals surface area contributed by atoms with Gasteiger partial charge >= 0.3 is 5.97 Å². The summed E-state index contributed by atoms with van der Waals surface area (Å²) in [5, 5.41) is 0.586. The summed E-state index contributed by atoms with van der Waals surface area (Å²) in [6, 6.07) is 10.5. The lowest BCUT2D eigenvalue weighted by Gasteiger charge is -2.09. The SMILES string of the molecule is Cc1c(OC(=O)C2CC2)ccc2c1O/C(=C\c1cccc(Cl)c1)C2=O. The lowest BCUT2D eigenvalue weighted by atomic mass is 10.1. The van der Waals surface area contributed by atoms with E-state index in [1.807, 2.05) is 12.1 Å². The first-order valence-electron chi connectivity index (χ1n) is 8.08. The van der Waals surface area contributed by atoms with Gasteiger partial charge in [0, 0.05) is 10.6 Å². The standard InChI is InChI=1S/C20H15ClO4/c1-11-16(25-20(23)13-5-6-13)8-7-15-18(22)17(24-19(11)15)10-12-3-2-4-14(21)9-12/h2-4,7-10,13H,5-6H2,1H3/b17-10-. The molecular formula is C20H15ClO4. The number of ketones is 1. The molecule has 0 aromatic heterocycles. The largest absolute Gasteiger partial charge is 0.452 e. The van der Waals surface area contributed by atoms with Crippen LogP contribution < -0.4 is 9.47 Å². The van der Waals surface area contributed by atoms with E-state index in [1.165, 1.54) is 0 Å². The highest BCUT2D eigenvalue weighted by molar-refractivity contribution is 6.30. The van der Waals surface area contributed by atoms with Crippen molar-refractivity contribution >= 4 is 29.4 Å². The zero-order chi connectivity index (χ0) is 17.6. The number of benzene rings is 2. The average Bonchev–Trinajstić information content (AvgIpc) is 3.38. The molecule has 4 rings (SSSR count). The second-order valence-corrected chi connectivity index (χ2v) is 6.69. The van der Waals surface area contributed by atoms with Gasteiger partial charge in [0.15, 0.2) is 5.76 Å². The van der Waals surface area contributed by atoms with E-state index in [9.17, 15) is 9.59 Å². The molecule has 2 aliphatic rings. The fourth-order valence-corrected chi connectivity index (χ4v) is 2.94. The molecule has 0 unspecified atom stereocenters. The van der Waals surface area contributed by atoms with Gasteiger partial charge in [0.1, 0.15) is 11.5 Å². The maximum Gasteiger partial charge on any atom is 0.314 e. The first kappa shape index (κ1) is 15.9. The number of fused-ring (bicyclic) bond motifs is 1. The van der Waals surface area contributed by atoms with Crippen LogP contribution in [0, 0.1) is 12.8 Å². The van der Waals surface area contributed by atoms with Crippen LogP contribution in [0.3, 0.4) is 0 Å². The van der Waals surface area contributed by atoms with Crippen molar-refractivity contribution in [3.05, 3.63) is 63.9 Å². The summed E-state index contributed by atoms with van der Waals surface area (Å²) in [7, 11) is 0.